The smallest absolute Gasteiger partial charge is 0.242 e. The van der Waals surface area contributed by atoms with Crippen molar-refractivity contribution in [3.8, 4) is 0 Å². The third kappa shape index (κ3) is 7.51. The summed E-state index contributed by atoms with van der Waals surface area (Å²) in [5.74, 6) is 0.467. The Labute approximate surface area is 194 Å². The Morgan fingerprint density at radius 2 is 1.69 bits per heavy atom. The Morgan fingerprint density at radius 3 is 2.28 bits per heavy atom. The topological polar surface area (TPSA) is 49.4 Å². The lowest BCUT2D eigenvalue weighted by molar-refractivity contribution is -0.141. The number of benzene rings is 2. The first-order valence-electron chi connectivity index (χ1n) is 12.1. The molecule has 2 aromatic carbocycles. The molecule has 174 valence electrons. The number of nitrogens with zero attached hydrogens (tertiary/aromatic N) is 1. The number of aryl methyl sites for hydroxylation is 2. The molecule has 1 N–H and O–H groups in total. The van der Waals surface area contributed by atoms with Gasteiger partial charge in [-0.15, -0.1) is 0 Å². The average Bonchev–Trinajstić information content (AvgIpc) is 2.79. The average molecular weight is 437 g/mol. The van der Waals surface area contributed by atoms with Crippen LogP contribution in [0.5, 0.6) is 0 Å². The van der Waals surface area contributed by atoms with Crippen molar-refractivity contribution in [2.75, 3.05) is 6.54 Å². The molecule has 0 aliphatic rings. The second kappa shape index (κ2) is 13.0. The fraction of sp³-hybridized carbons (Fsp3) is 0.500. The zero-order chi connectivity index (χ0) is 23.5. The van der Waals surface area contributed by atoms with Crippen molar-refractivity contribution in [1.82, 2.24) is 10.2 Å². The molecular formula is C28H40N2O2. The molecule has 2 rings (SSSR count). The number of unbranched alkanes of at least 4 members (excludes halogenated alkanes) is 1. The van der Waals surface area contributed by atoms with Gasteiger partial charge in [-0.1, -0.05) is 82.6 Å². The Morgan fingerprint density at radius 1 is 1.00 bits per heavy atom. The molecule has 0 aliphatic heterocycles. The van der Waals surface area contributed by atoms with E-state index < -0.39 is 6.04 Å². The van der Waals surface area contributed by atoms with E-state index in [1.54, 1.807) is 4.90 Å². The molecule has 2 amide bonds. The van der Waals surface area contributed by atoms with Crippen molar-refractivity contribution < 1.29 is 9.59 Å². The van der Waals surface area contributed by atoms with Gasteiger partial charge in [-0.05, 0) is 54.4 Å². The van der Waals surface area contributed by atoms with Crippen LogP contribution in [0.2, 0.25) is 0 Å². The molecule has 32 heavy (non-hydrogen) atoms. The van der Waals surface area contributed by atoms with Gasteiger partial charge in [-0.3, -0.25) is 9.59 Å². The minimum atomic E-state index is -0.456. The van der Waals surface area contributed by atoms with E-state index in [0.717, 1.165) is 29.5 Å². The number of carbonyl (C=O) groups is 2. The lowest BCUT2D eigenvalue weighted by Gasteiger charge is -2.31. The predicted molar refractivity (Wildman–Crippen MR) is 133 cm³/mol. The summed E-state index contributed by atoms with van der Waals surface area (Å²) in [6, 6.07) is 16.1. The van der Waals surface area contributed by atoms with Gasteiger partial charge in [0.25, 0.3) is 0 Å². The lowest BCUT2D eigenvalue weighted by atomic mass is 10.00. The number of amides is 2. The van der Waals surface area contributed by atoms with Gasteiger partial charge in [0.05, 0.1) is 0 Å². The zero-order valence-corrected chi connectivity index (χ0v) is 20.5. The largest absolute Gasteiger partial charge is 0.354 e. The molecule has 0 spiro atoms. The summed E-state index contributed by atoms with van der Waals surface area (Å²) in [5.41, 5.74) is 4.67. The van der Waals surface area contributed by atoms with Gasteiger partial charge in [0, 0.05) is 19.5 Å². The second-order valence-corrected chi connectivity index (χ2v) is 8.91. The van der Waals surface area contributed by atoms with E-state index >= 15 is 0 Å². The number of carbonyl (C=O) groups excluding carboxylic acids is 2. The fourth-order valence-electron chi connectivity index (χ4n) is 3.86. The van der Waals surface area contributed by atoms with Crippen LogP contribution in [0.1, 0.15) is 81.5 Å². The molecule has 1 atom stereocenters. The molecule has 4 heteroatoms. The van der Waals surface area contributed by atoms with Gasteiger partial charge in [0.1, 0.15) is 6.04 Å². The van der Waals surface area contributed by atoms with Gasteiger partial charge in [0.15, 0.2) is 0 Å². The summed E-state index contributed by atoms with van der Waals surface area (Å²) in [7, 11) is 0. The van der Waals surface area contributed by atoms with Crippen molar-refractivity contribution >= 4 is 11.8 Å². The van der Waals surface area contributed by atoms with E-state index in [-0.39, 0.29) is 11.8 Å². The number of hydrogen-bond acceptors (Lipinski definition) is 2. The van der Waals surface area contributed by atoms with Gasteiger partial charge in [0.2, 0.25) is 11.8 Å². The van der Waals surface area contributed by atoms with Crippen LogP contribution in [0.4, 0.5) is 0 Å². The first-order valence-corrected chi connectivity index (χ1v) is 12.1. The maximum Gasteiger partial charge on any atom is 0.242 e. The van der Waals surface area contributed by atoms with Gasteiger partial charge in [-0.2, -0.15) is 0 Å². The number of hydrogen-bond donors (Lipinski definition) is 1. The molecule has 0 unspecified atom stereocenters. The molecule has 0 radical (unpaired) electrons. The highest BCUT2D eigenvalue weighted by Gasteiger charge is 2.28. The molecule has 0 aromatic heterocycles. The molecule has 0 heterocycles. The summed E-state index contributed by atoms with van der Waals surface area (Å²) in [5, 5.41) is 3.03. The molecule has 0 saturated carbocycles. The molecule has 4 nitrogen and oxygen atoms in total. The first-order chi connectivity index (χ1) is 15.4. The first kappa shape index (κ1) is 25.6. The molecule has 0 bridgehead atoms. The van der Waals surface area contributed by atoms with Gasteiger partial charge >= 0.3 is 0 Å². The van der Waals surface area contributed by atoms with Crippen molar-refractivity contribution in [2.24, 2.45) is 0 Å². The quantitative estimate of drug-likeness (QED) is 0.429. The van der Waals surface area contributed by atoms with Crippen molar-refractivity contribution in [1.29, 1.82) is 0 Å². The highest BCUT2D eigenvalue weighted by molar-refractivity contribution is 5.87. The zero-order valence-electron chi connectivity index (χ0n) is 20.5. The maximum atomic E-state index is 13.4. The highest BCUT2D eigenvalue weighted by Crippen LogP contribution is 2.19. The Kier molecular flexibility index (Phi) is 10.5. The van der Waals surface area contributed by atoms with Crippen molar-refractivity contribution in [3.63, 3.8) is 0 Å². The summed E-state index contributed by atoms with van der Waals surface area (Å²) in [4.78, 5) is 28.1. The molecule has 0 fully saturated rings. The third-order valence-corrected chi connectivity index (χ3v) is 6.09. The molecule has 2 aromatic rings. The highest BCUT2D eigenvalue weighted by atomic mass is 16.2. The summed E-state index contributed by atoms with van der Waals surface area (Å²) >= 11 is 0. The van der Waals surface area contributed by atoms with E-state index in [9.17, 15) is 9.59 Å². The predicted octanol–water partition coefficient (Wildman–Crippen LogP) is 5.77. The fourth-order valence-corrected chi connectivity index (χ4v) is 3.86. The Balaban J connectivity index is 2.16. The molecule has 0 saturated heterocycles. The Hall–Kier alpha value is -2.62. The van der Waals surface area contributed by atoms with E-state index in [1.165, 1.54) is 5.56 Å². The standard InChI is InChI=1S/C28H40N2O2/c1-6-8-19-29-28(32)26(7-2)30(20-25-12-10-9-11-22(25)5)27(31)18-15-23-13-16-24(17-14-23)21(3)4/h9-14,16-17,21,26H,6-8,15,18-20H2,1-5H3,(H,29,32)/t26-/m1/s1. The minimum Gasteiger partial charge on any atom is -0.354 e. The summed E-state index contributed by atoms with van der Waals surface area (Å²) in [6.45, 7) is 11.6. The van der Waals surface area contributed by atoms with Crippen LogP contribution >= 0.6 is 0 Å². The van der Waals surface area contributed by atoms with Crippen LogP contribution < -0.4 is 5.32 Å². The second-order valence-electron chi connectivity index (χ2n) is 8.91. The number of nitrogens with one attached hydrogen (secondary N) is 1. The molecule has 0 aliphatic carbocycles. The Bertz CT molecular complexity index is 858. The van der Waals surface area contributed by atoms with E-state index in [0.29, 0.717) is 38.3 Å². The van der Waals surface area contributed by atoms with Gasteiger partial charge in [-0.25, -0.2) is 0 Å². The summed E-state index contributed by atoms with van der Waals surface area (Å²) < 4.78 is 0. The summed E-state index contributed by atoms with van der Waals surface area (Å²) in [6.07, 6.45) is 3.64. The van der Waals surface area contributed by atoms with Crippen molar-refractivity contribution in [2.45, 2.75) is 85.2 Å². The van der Waals surface area contributed by atoms with Crippen molar-refractivity contribution in [3.05, 3.63) is 70.8 Å². The SMILES string of the molecule is CCCCNC(=O)[C@@H](CC)N(Cc1ccccc1C)C(=O)CCc1ccc(C(C)C)cc1. The monoisotopic (exact) mass is 436 g/mol. The van der Waals surface area contributed by atoms with Crippen LogP contribution in [0.15, 0.2) is 48.5 Å². The van der Waals surface area contributed by atoms with Crippen LogP contribution in [0, 0.1) is 6.92 Å². The minimum absolute atomic E-state index is 0.0266. The lowest BCUT2D eigenvalue weighted by Crippen LogP contribution is -2.49. The van der Waals surface area contributed by atoms with Crippen LogP contribution in [-0.4, -0.2) is 29.3 Å². The van der Waals surface area contributed by atoms with E-state index in [2.05, 4.69) is 63.3 Å². The molecular weight excluding hydrogens is 396 g/mol. The number of rotatable bonds is 12. The van der Waals surface area contributed by atoms with Crippen LogP contribution in [-0.2, 0) is 22.6 Å². The normalized spacial score (nSPS) is 11.9. The third-order valence-electron chi connectivity index (χ3n) is 6.09. The van der Waals surface area contributed by atoms with E-state index in [1.807, 2.05) is 25.1 Å². The van der Waals surface area contributed by atoms with E-state index in [4.69, 9.17) is 0 Å². The van der Waals surface area contributed by atoms with Crippen LogP contribution in [0.25, 0.3) is 0 Å². The van der Waals surface area contributed by atoms with Gasteiger partial charge < -0.3 is 10.2 Å². The van der Waals surface area contributed by atoms with Crippen LogP contribution in [0.3, 0.4) is 0 Å². The maximum absolute atomic E-state index is 13.4.